The molecular weight excluding hydrogens is 346 g/mol. The first-order chi connectivity index (χ1) is 13.0. The maximum absolute atomic E-state index is 12.4. The van der Waals surface area contributed by atoms with Crippen molar-refractivity contribution in [3.8, 4) is 0 Å². The zero-order chi connectivity index (χ0) is 19.2. The lowest BCUT2D eigenvalue weighted by Crippen LogP contribution is -2.42. The Morgan fingerprint density at radius 1 is 1.30 bits per heavy atom. The molecule has 0 spiro atoms. The van der Waals surface area contributed by atoms with E-state index in [0.29, 0.717) is 31.7 Å². The van der Waals surface area contributed by atoms with Crippen molar-refractivity contribution >= 4 is 23.5 Å². The number of urea groups is 1. The molecule has 1 unspecified atom stereocenters. The molecule has 2 heterocycles. The molecule has 0 saturated carbocycles. The summed E-state index contributed by atoms with van der Waals surface area (Å²) in [4.78, 5) is 39.3. The Morgan fingerprint density at radius 3 is 2.89 bits per heavy atom. The number of amides is 4. The van der Waals surface area contributed by atoms with Gasteiger partial charge in [-0.2, -0.15) is 0 Å². The van der Waals surface area contributed by atoms with E-state index >= 15 is 0 Å². The molecular formula is C19H27N5O3. The van der Waals surface area contributed by atoms with Crippen LogP contribution < -0.4 is 21.3 Å². The molecule has 8 heteroatoms. The standard InChI is InChI=1S/C19H27N5O3/c20-17(25)15-5-2-9-23(13-15)10-3-7-21-18(26)14-4-1-6-16(12-14)24-11-8-22-19(24)27/h1,4,6,12,15H,2-3,5,7-11,13H2,(H2,20,25)(H,21,26)(H,22,27). The van der Waals surface area contributed by atoms with Crippen LogP contribution in [0.4, 0.5) is 10.5 Å². The number of anilines is 1. The van der Waals surface area contributed by atoms with Crippen molar-refractivity contribution in [1.82, 2.24) is 15.5 Å². The van der Waals surface area contributed by atoms with E-state index in [4.69, 9.17) is 5.73 Å². The van der Waals surface area contributed by atoms with E-state index in [1.54, 1.807) is 23.1 Å². The summed E-state index contributed by atoms with van der Waals surface area (Å²) >= 11 is 0. The first-order valence-corrected chi connectivity index (χ1v) is 9.50. The fourth-order valence-corrected chi connectivity index (χ4v) is 3.63. The number of nitrogens with zero attached hydrogens (tertiary/aromatic N) is 2. The van der Waals surface area contributed by atoms with Gasteiger partial charge in [0, 0.05) is 37.4 Å². The van der Waals surface area contributed by atoms with Crippen molar-refractivity contribution in [2.75, 3.05) is 44.2 Å². The Kier molecular flexibility index (Phi) is 6.28. The molecule has 146 valence electrons. The number of primary amides is 1. The number of rotatable bonds is 7. The van der Waals surface area contributed by atoms with Gasteiger partial charge in [0.2, 0.25) is 5.91 Å². The maximum Gasteiger partial charge on any atom is 0.321 e. The maximum atomic E-state index is 12.4. The number of carbonyl (C=O) groups is 3. The van der Waals surface area contributed by atoms with Crippen molar-refractivity contribution in [3.05, 3.63) is 29.8 Å². The highest BCUT2D eigenvalue weighted by molar-refractivity contribution is 5.98. The normalized spacial score (nSPS) is 20.4. The van der Waals surface area contributed by atoms with Crippen LogP contribution in [0.25, 0.3) is 0 Å². The summed E-state index contributed by atoms with van der Waals surface area (Å²) in [5.41, 5.74) is 6.67. The molecule has 1 aromatic rings. The number of piperidine rings is 1. The first kappa shape index (κ1) is 19.2. The summed E-state index contributed by atoms with van der Waals surface area (Å²) in [6.45, 7) is 4.29. The fourth-order valence-electron chi connectivity index (χ4n) is 3.63. The van der Waals surface area contributed by atoms with Crippen molar-refractivity contribution in [1.29, 1.82) is 0 Å². The predicted molar refractivity (Wildman–Crippen MR) is 102 cm³/mol. The summed E-state index contributed by atoms with van der Waals surface area (Å²) in [6, 6.07) is 6.96. The molecule has 2 aliphatic rings. The van der Waals surface area contributed by atoms with E-state index in [9.17, 15) is 14.4 Å². The first-order valence-electron chi connectivity index (χ1n) is 9.50. The molecule has 0 aromatic heterocycles. The molecule has 1 atom stereocenters. The molecule has 0 aliphatic carbocycles. The number of hydrogen-bond acceptors (Lipinski definition) is 4. The van der Waals surface area contributed by atoms with Gasteiger partial charge in [-0.1, -0.05) is 6.07 Å². The SMILES string of the molecule is NC(=O)C1CCCN(CCCNC(=O)c2cccc(N3CCNC3=O)c2)C1. The zero-order valence-electron chi connectivity index (χ0n) is 15.4. The molecule has 27 heavy (non-hydrogen) atoms. The van der Waals surface area contributed by atoms with Gasteiger partial charge in [0.1, 0.15) is 0 Å². The summed E-state index contributed by atoms with van der Waals surface area (Å²) in [6.07, 6.45) is 2.66. The summed E-state index contributed by atoms with van der Waals surface area (Å²) < 4.78 is 0. The van der Waals surface area contributed by atoms with Crippen LogP contribution in [0, 0.1) is 5.92 Å². The molecule has 2 saturated heterocycles. The average molecular weight is 373 g/mol. The third kappa shape index (κ3) is 4.97. The third-order valence-electron chi connectivity index (χ3n) is 5.12. The summed E-state index contributed by atoms with van der Waals surface area (Å²) in [5, 5.41) is 5.68. The minimum Gasteiger partial charge on any atom is -0.369 e. The second-order valence-corrected chi connectivity index (χ2v) is 7.09. The quantitative estimate of drug-likeness (QED) is 0.606. The molecule has 0 bridgehead atoms. The Hall–Kier alpha value is -2.61. The molecule has 8 nitrogen and oxygen atoms in total. The highest BCUT2D eigenvalue weighted by Crippen LogP contribution is 2.18. The van der Waals surface area contributed by atoms with E-state index in [0.717, 1.165) is 38.0 Å². The lowest BCUT2D eigenvalue weighted by Gasteiger charge is -2.31. The molecule has 4 N–H and O–H groups in total. The Morgan fingerprint density at radius 2 is 2.15 bits per heavy atom. The number of nitrogens with one attached hydrogen (secondary N) is 2. The number of hydrogen-bond donors (Lipinski definition) is 3. The molecule has 2 fully saturated rings. The van der Waals surface area contributed by atoms with Gasteiger partial charge in [-0.05, 0) is 50.6 Å². The van der Waals surface area contributed by atoms with Crippen LogP contribution in [0.3, 0.4) is 0 Å². The fraction of sp³-hybridized carbons (Fsp3) is 0.526. The van der Waals surface area contributed by atoms with Gasteiger partial charge in [0.05, 0.1) is 5.92 Å². The highest BCUT2D eigenvalue weighted by Gasteiger charge is 2.24. The second kappa shape index (κ2) is 8.85. The van der Waals surface area contributed by atoms with Gasteiger partial charge in [-0.25, -0.2) is 4.79 Å². The van der Waals surface area contributed by atoms with Gasteiger partial charge in [-0.15, -0.1) is 0 Å². The summed E-state index contributed by atoms with van der Waals surface area (Å²) in [5.74, 6) is -0.427. The van der Waals surface area contributed by atoms with Crippen molar-refractivity contribution in [2.45, 2.75) is 19.3 Å². The number of benzene rings is 1. The Balaban J connectivity index is 1.44. The van der Waals surface area contributed by atoms with E-state index in [1.807, 2.05) is 6.07 Å². The lowest BCUT2D eigenvalue weighted by molar-refractivity contribution is -0.123. The zero-order valence-corrected chi connectivity index (χ0v) is 15.4. The van der Waals surface area contributed by atoms with Crippen LogP contribution in [-0.4, -0.2) is 62.0 Å². The highest BCUT2D eigenvalue weighted by atomic mass is 16.2. The minimum atomic E-state index is -0.223. The Labute approximate surface area is 159 Å². The van der Waals surface area contributed by atoms with Crippen LogP contribution in [-0.2, 0) is 4.79 Å². The number of carbonyl (C=O) groups excluding carboxylic acids is 3. The topological polar surface area (TPSA) is 108 Å². The third-order valence-corrected chi connectivity index (χ3v) is 5.12. The number of nitrogens with two attached hydrogens (primary N) is 1. The average Bonchev–Trinajstić information content (AvgIpc) is 3.11. The van der Waals surface area contributed by atoms with E-state index in [1.165, 1.54) is 0 Å². The smallest absolute Gasteiger partial charge is 0.321 e. The van der Waals surface area contributed by atoms with E-state index in [2.05, 4.69) is 15.5 Å². The molecule has 1 aromatic carbocycles. The monoisotopic (exact) mass is 373 g/mol. The van der Waals surface area contributed by atoms with Crippen LogP contribution in [0.5, 0.6) is 0 Å². The molecule has 3 rings (SSSR count). The van der Waals surface area contributed by atoms with E-state index in [-0.39, 0.29) is 23.8 Å². The molecule has 0 radical (unpaired) electrons. The minimum absolute atomic E-state index is 0.0566. The van der Waals surface area contributed by atoms with Gasteiger partial charge < -0.3 is 21.3 Å². The Bertz CT molecular complexity index is 708. The van der Waals surface area contributed by atoms with E-state index < -0.39 is 0 Å². The van der Waals surface area contributed by atoms with Crippen LogP contribution >= 0.6 is 0 Å². The second-order valence-electron chi connectivity index (χ2n) is 7.09. The van der Waals surface area contributed by atoms with Crippen LogP contribution in [0.2, 0.25) is 0 Å². The molecule has 2 aliphatic heterocycles. The van der Waals surface area contributed by atoms with Gasteiger partial charge >= 0.3 is 6.03 Å². The van der Waals surface area contributed by atoms with Crippen molar-refractivity contribution < 1.29 is 14.4 Å². The van der Waals surface area contributed by atoms with Crippen molar-refractivity contribution in [2.24, 2.45) is 11.7 Å². The van der Waals surface area contributed by atoms with Gasteiger partial charge in [0.15, 0.2) is 0 Å². The van der Waals surface area contributed by atoms with Crippen LogP contribution in [0.15, 0.2) is 24.3 Å². The predicted octanol–water partition coefficient (Wildman–Crippen LogP) is 0.533. The largest absolute Gasteiger partial charge is 0.369 e. The lowest BCUT2D eigenvalue weighted by atomic mass is 9.97. The van der Waals surface area contributed by atoms with Crippen molar-refractivity contribution in [3.63, 3.8) is 0 Å². The molecule has 4 amide bonds. The van der Waals surface area contributed by atoms with Gasteiger partial charge in [0.25, 0.3) is 5.91 Å². The summed E-state index contributed by atoms with van der Waals surface area (Å²) in [7, 11) is 0. The number of likely N-dealkylation sites (tertiary alicyclic amines) is 1. The van der Waals surface area contributed by atoms with Crippen LogP contribution in [0.1, 0.15) is 29.6 Å². The van der Waals surface area contributed by atoms with Gasteiger partial charge in [-0.3, -0.25) is 14.5 Å².